The highest BCUT2D eigenvalue weighted by atomic mass is 16.3. The van der Waals surface area contributed by atoms with E-state index in [1.165, 1.54) is 0 Å². The van der Waals surface area contributed by atoms with Gasteiger partial charge in [-0.3, -0.25) is 4.79 Å². The van der Waals surface area contributed by atoms with Gasteiger partial charge in [-0.1, -0.05) is 42.5 Å². The minimum absolute atomic E-state index is 0.207. The van der Waals surface area contributed by atoms with Gasteiger partial charge in [0.05, 0.1) is 5.41 Å². The zero-order chi connectivity index (χ0) is 15.6. The number of likely N-dealkylation sites (tertiary alicyclic amines) is 1. The number of carbonyl (C=O) groups is 1. The van der Waals surface area contributed by atoms with Crippen molar-refractivity contribution in [1.29, 1.82) is 0 Å². The van der Waals surface area contributed by atoms with Gasteiger partial charge >= 0.3 is 0 Å². The molecule has 0 aromatic heterocycles. The van der Waals surface area contributed by atoms with E-state index in [4.69, 9.17) is 0 Å². The molecule has 1 N–H and O–H groups in total. The summed E-state index contributed by atoms with van der Waals surface area (Å²) in [4.78, 5) is 15.3. The zero-order valence-corrected chi connectivity index (χ0v) is 12.8. The van der Waals surface area contributed by atoms with Crippen molar-refractivity contribution < 1.29 is 9.90 Å². The number of rotatable bonds is 2. The van der Waals surface area contributed by atoms with Gasteiger partial charge in [-0.2, -0.15) is 0 Å². The SMILES string of the molecule is CN1CCC(=O)C(c2ccccc2)(c2cccc(O)c2)CC1. The maximum atomic E-state index is 13.1. The standard InChI is InChI=1S/C19H21NO2/c1-20-12-10-18(22)19(11-13-20,15-6-3-2-4-7-15)16-8-5-9-17(21)14-16/h2-9,14,21H,10-13H2,1H3. The van der Waals surface area contributed by atoms with Crippen molar-refractivity contribution in [1.82, 2.24) is 4.90 Å². The fraction of sp³-hybridized carbons (Fsp3) is 0.316. The van der Waals surface area contributed by atoms with Gasteiger partial charge in [-0.25, -0.2) is 0 Å². The van der Waals surface area contributed by atoms with Crippen LogP contribution in [0.5, 0.6) is 5.75 Å². The Morgan fingerprint density at radius 1 is 1.00 bits per heavy atom. The summed E-state index contributed by atoms with van der Waals surface area (Å²) in [5.41, 5.74) is 1.24. The Labute approximate surface area is 131 Å². The summed E-state index contributed by atoms with van der Waals surface area (Å²) in [6.45, 7) is 1.64. The quantitative estimate of drug-likeness (QED) is 0.926. The first kappa shape index (κ1) is 14.8. The van der Waals surface area contributed by atoms with E-state index >= 15 is 0 Å². The Kier molecular flexibility index (Phi) is 3.99. The molecular formula is C19H21NO2. The largest absolute Gasteiger partial charge is 0.508 e. The highest BCUT2D eigenvalue weighted by Gasteiger charge is 2.42. The van der Waals surface area contributed by atoms with Gasteiger partial charge < -0.3 is 10.0 Å². The van der Waals surface area contributed by atoms with Crippen LogP contribution in [0.1, 0.15) is 24.0 Å². The van der Waals surface area contributed by atoms with Gasteiger partial charge in [0, 0.05) is 13.0 Å². The van der Waals surface area contributed by atoms with Crippen LogP contribution in [-0.4, -0.2) is 35.9 Å². The number of Topliss-reactive ketones (excluding diaryl/α,β-unsaturated/α-hetero) is 1. The Hall–Kier alpha value is -2.13. The molecular weight excluding hydrogens is 274 g/mol. The Bertz CT molecular complexity index is 668. The number of phenols is 1. The number of ketones is 1. The second kappa shape index (κ2) is 5.93. The average Bonchev–Trinajstić information content (AvgIpc) is 2.69. The Morgan fingerprint density at radius 2 is 1.73 bits per heavy atom. The zero-order valence-electron chi connectivity index (χ0n) is 12.8. The number of benzene rings is 2. The summed E-state index contributed by atoms with van der Waals surface area (Å²) < 4.78 is 0. The van der Waals surface area contributed by atoms with E-state index in [0.29, 0.717) is 6.42 Å². The number of phenolic OH excluding ortho intramolecular Hbond substituents is 1. The van der Waals surface area contributed by atoms with Crippen molar-refractivity contribution in [2.24, 2.45) is 0 Å². The maximum Gasteiger partial charge on any atom is 0.149 e. The van der Waals surface area contributed by atoms with Crippen molar-refractivity contribution >= 4 is 5.78 Å². The summed E-state index contributed by atoms with van der Waals surface area (Å²) in [6.07, 6.45) is 1.26. The topological polar surface area (TPSA) is 40.5 Å². The minimum atomic E-state index is -0.662. The molecule has 1 unspecified atom stereocenters. The van der Waals surface area contributed by atoms with E-state index in [-0.39, 0.29) is 11.5 Å². The molecule has 1 fully saturated rings. The minimum Gasteiger partial charge on any atom is -0.508 e. The Morgan fingerprint density at radius 3 is 2.45 bits per heavy atom. The van der Waals surface area contributed by atoms with Crippen molar-refractivity contribution in [2.45, 2.75) is 18.3 Å². The van der Waals surface area contributed by atoms with Crippen LogP contribution in [0, 0.1) is 0 Å². The third-order valence-corrected chi connectivity index (χ3v) is 4.67. The lowest BCUT2D eigenvalue weighted by molar-refractivity contribution is -0.122. The van der Waals surface area contributed by atoms with Gasteiger partial charge in [-0.05, 0) is 43.3 Å². The van der Waals surface area contributed by atoms with Gasteiger partial charge in [0.25, 0.3) is 0 Å². The first-order valence-electron chi connectivity index (χ1n) is 7.70. The van der Waals surface area contributed by atoms with Crippen LogP contribution in [0.15, 0.2) is 54.6 Å². The smallest absolute Gasteiger partial charge is 0.149 e. The van der Waals surface area contributed by atoms with Crippen molar-refractivity contribution in [3.05, 3.63) is 65.7 Å². The second-order valence-corrected chi connectivity index (χ2v) is 6.05. The Balaban J connectivity index is 2.20. The molecule has 2 aromatic carbocycles. The molecule has 0 spiro atoms. The van der Waals surface area contributed by atoms with E-state index in [1.807, 2.05) is 42.5 Å². The van der Waals surface area contributed by atoms with Crippen molar-refractivity contribution in [3.8, 4) is 5.75 Å². The number of hydrogen-bond donors (Lipinski definition) is 1. The van der Waals surface area contributed by atoms with E-state index in [9.17, 15) is 9.90 Å². The molecule has 1 atom stereocenters. The number of hydrogen-bond acceptors (Lipinski definition) is 3. The van der Waals surface area contributed by atoms with Crippen LogP contribution >= 0.6 is 0 Å². The molecule has 0 saturated carbocycles. The first-order valence-corrected chi connectivity index (χ1v) is 7.70. The van der Waals surface area contributed by atoms with Crippen molar-refractivity contribution in [3.63, 3.8) is 0 Å². The van der Waals surface area contributed by atoms with E-state index < -0.39 is 5.41 Å². The van der Waals surface area contributed by atoms with E-state index in [0.717, 1.165) is 30.6 Å². The van der Waals surface area contributed by atoms with Crippen LogP contribution in [0.2, 0.25) is 0 Å². The number of carbonyl (C=O) groups excluding carboxylic acids is 1. The van der Waals surface area contributed by atoms with Gasteiger partial charge in [0.1, 0.15) is 11.5 Å². The second-order valence-electron chi connectivity index (χ2n) is 6.05. The molecule has 1 saturated heterocycles. The fourth-order valence-corrected chi connectivity index (χ4v) is 3.39. The number of aromatic hydroxyl groups is 1. The fourth-order valence-electron chi connectivity index (χ4n) is 3.39. The lowest BCUT2D eigenvalue weighted by atomic mass is 9.68. The molecule has 0 aliphatic carbocycles. The molecule has 22 heavy (non-hydrogen) atoms. The summed E-state index contributed by atoms with van der Waals surface area (Å²) in [7, 11) is 2.05. The molecule has 3 heteroatoms. The summed E-state index contributed by atoms with van der Waals surface area (Å²) in [5.74, 6) is 0.437. The molecule has 3 nitrogen and oxygen atoms in total. The molecule has 1 aliphatic rings. The molecule has 1 aliphatic heterocycles. The van der Waals surface area contributed by atoms with Crippen LogP contribution < -0.4 is 0 Å². The molecule has 114 valence electrons. The monoisotopic (exact) mass is 295 g/mol. The van der Waals surface area contributed by atoms with Gasteiger partial charge in [0.15, 0.2) is 0 Å². The summed E-state index contributed by atoms with van der Waals surface area (Å²) in [5, 5.41) is 9.89. The normalized spacial score (nSPS) is 23.2. The molecule has 0 radical (unpaired) electrons. The molecule has 0 bridgehead atoms. The maximum absolute atomic E-state index is 13.1. The van der Waals surface area contributed by atoms with Gasteiger partial charge in [0.2, 0.25) is 0 Å². The van der Waals surface area contributed by atoms with E-state index in [2.05, 4.69) is 11.9 Å². The number of nitrogens with zero attached hydrogens (tertiary/aromatic N) is 1. The molecule has 1 heterocycles. The summed E-state index contributed by atoms with van der Waals surface area (Å²) >= 11 is 0. The van der Waals surface area contributed by atoms with Crippen LogP contribution in [-0.2, 0) is 10.2 Å². The summed E-state index contributed by atoms with van der Waals surface area (Å²) in [6, 6.07) is 17.1. The average molecular weight is 295 g/mol. The molecule has 3 rings (SSSR count). The third kappa shape index (κ3) is 2.53. The predicted octanol–water partition coefficient (Wildman–Crippen LogP) is 2.97. The first-order chi connectivity index (χ1) is 10.6. The van der Waals surface area contributed by atoms with Crippen LogP contribution in [0.25, 0.3) is 0 Å². The molecule has 2 aromatic rings. The van der Waals surface area contributed by atoms with E-state index in [1.54, 1.807) is 12.1 Å². The predicted molar refractivity (Wildman–Crippen MR) is 87.1 cm³/mol. The third-order valence-electron chi connectivity index (χ3n) is 4.67. The molecule has 0 amide bonds. The van der Waals surface area contributed by atoms with Gasteiger partial charge in [-0.15, -0.1) is 0 Å². The van der Waals surface area contributed by atoms with Crippen LogP contribution in [0.3, 0.4) is 0 Å². The van der Waals surface area contributed by atoms with Crippen LogP contribution in [0.4, 0.5) is 0 Å². The lowest BCUT2D eigenvalue weighted by Gasteiger charge is -2.32. The highest BCUT2D eigenvalue weighted by Crippen LogP contribution is 2.40. The lowest BCUT2D eigenvalue weighted by Crippen LogP contribution is -2.37. The highest BCUT2D eigenvalue weighted by molar-refractivity contribution is 5.94. The van der Waals surface area contributed by atoms with Crippen molar-refractivity contribution in [2.75, 3.05) is 20.1 Å².